The number of morpholine rings is 1. The van der Waals surface area contributed by atoms with Gasteiger partial charge in [0.2, 0.25) is 0 Å². The molecular formula is C21H26N2O4. The number of nitrogens with zero attached hydrogens (tertiary/aromatic N) is 1. The molecule has 0 aliphatic carbocycles. The van der Waals surface area contributed by atoms with E-state index in [1.165, 1.54) is 0 Å². The monoisotopic (exact) mass is 370 g/mol. The van der Waals surface area contributed by atoms with Gasteiger partial charge in [-0.2, -0.15) is 0 Å². The maximum atomic E-state index is 12.7. The molecule has 1 aromatic heterocycles. The molecule has 144 valence electrons. The number of carbonyl (C=O) groups excluding carboxylic acids is 1. The van der Waals surface area contributed by atoms with E-state index in [9.17, 15) is 4.79 Å². The van der Waals surface area contributed by atoms with E-state index in [4.69, 9.17) is 13.9 Å². The summed E-state index contributed by atoms with van der Waals surface area (Å²) in [4.78, 5) is 15.0. The Morgan fingerprint density at radius 2 is 2.04 bits per heavy atom. The molecule has 0 bridgehead atoms. The first-order valence-corrected chi connectivity index (χ1v) is 9.63. The van der Waals surface area contributed by atoms with Crippen molar-refractivity contribution in [3.05, 3.63) is 53.0 Å². The predicted molar refractivity (Wildman–Crippen MR) is 101 cm³/mol. The standard InChI is InChI=1S/C21H26N2O4/c1-15-4-6-20(27-15)18(23-8-11-25-12-9-23)14-22-21(24)17-5-7-19-16(13-17)3-2-10-26-19/h4-7,13,18H,2-3,8-12,14H2,1H3,(H,22,24)/t18-/m0/s1. The van der Waals surface area contributed by atoms with Crippen LogP contribution in [0, 0.1) is 6.92 Å². The van der Waals surface area contributed by atoms with Gasteiger partial charge in [-0.3, -0.25) is 9.69 Å². The topological polar surface area (TPSA) is 63.9 Å². The summed E-state index contributed by atoms with van der Waals surface area (Å²) >= 11 is 0. The van der Waals surface area contributed by atoms with Crippen molar-refractivity contribution < 1.29 is 18.7 Å². The van der Waals surface area contributed by atoms with Crippen LogP contribution >= 0.6 is 0 Å². The van der Waals surface area contributed by atoms with Gasteiger partial charge in [0.05, 0.1) is 25.9 Å². The van der Waals surface area contributed by atoms with Gasteiger partial charge in [0.25, 0.3) is 5.91 Å². The normalized spacial score (nSPS) is 18.4. The third-order valence-electron chi connectivity index (χ3n) is 5.20. The molecule has 2 aromatic rings. The smallest absolute Gasteiger partial charge is 0.251 e. The molecule has 0 saturated carbocycles. The van der Waals surface area contributed by atoms with Gasteiger partial charge in [-0.05, 0) is 55.7 Å². The number of amides is 1. The highest BCUT2D eigenvalue weighted by Gasteiger charge is 2.26. The molecule has 0 unspecified atom stereocenters. The van der Waals surface area contributed by atoms with Gasteiger partial charge in [-0.15, -0.1) is 0 Å². The van der Waals surface area contributed by atoms with Gasteiger partial charge >= 0.3 is 0 Å². The molecule has 0 radical (unpaired) electrons. The highest BCUT2D eigenvalue weighted by Crippen LogP contribution is 2.26. The van der Waals surface area contributed by atoms with Gasteiger partial charge in [0.1, 0.15) is 17.3 Å². The maximum absolute atomic E-state index is 12.7. The Kier molecular flexibility index (Phi) is 5.45. The Morgan fingerprint density at radius 3 is 2.81 bits per heavy atom. The number of furan rings is 1. The van der Waals surface area contributed by atoms with Crippen molar-refractivity contribution in [2.75, 3.05) is 39.5 Å². The number of nitrogens with one attached hydrogen (secondary N) is 1. The van der Waals surface area contributed by atoms with E-state index >= 15 is 0 Å². The van der Waals surface area contributed by atoms with Crippen molar-refractivity contribution in [1.29, 1.82) is 0 Å². The minimum Gasteiger partial charge on any atom is -0.493 e. The molecule has 2 aliphatic heterocycles. The van der Waals surface area contributed by atoms with Gasteiger partial charge in [-0.25, -0.2) is 0 Å². The molecule has 1 N–H and O–H groups in total. The molecule has 27 heavy (non-hydrogen) atoms. The molecule has 1 fully saturated rings. The first-order chi connectivity index (χ1) is 13.2. The lowest BCUT2D eigenvalue weighted by molar-refractivity contribution is 0.0117. The van der Waals surface area contributed by atoms with Crippen LogP contribution < -0.4 is 10.1 Å². The number of aryl methyl sites for hydroxylation is 2. The Bertz CT molecular complexity index is 795. The van der Waals surface area contributed by atoms with E-state index in [2.05, 4.69) is 10.2 Å². The lowest BCUT2D eigenvalue weighted by Gasteiger charge is -2.33. The van der Waals surface area contributed by atoms with Crippen LogP contribution in [0.15, 0.2) is 34.7 Å². The third-order valence-corrected chi connectivity index (χ3v) is 5.20. The van der Waals surface area contributed by atoms with Gasteiger partial charge in [0, 0.05) is 25.2 Å². The van der Waals surface area contributed by atoms with E-state index in [0.29, 0.717) is 25.3 Å². The second-order valence-corrected chi connectivity index (χ2v) is 7.10. The second-order valence-electron chi connectivity index (χ2n) is 7.10. The maximum Gasteiger partial charge on any atom is 0.251 e. The number of rotatable bonds is 5. The molecule has 1 amide bonds. The Labute approximate surface area is 159 Å². The predicted octanol–water partition coefficient (Wildman–Crippen LogP) is 2.72. The van der Waals surface area contributed by atoms with Crippen molar-refractivity contribution in [2.45, 2.75) is 25.8 Å². The summed E-state index contributed by atoms with van der Waals surface area (Å²) in [6, 6.07) is 9.66. The highest BCUT2D eigenvalue weighted by atomic mass is 16.5. The van der Waals surface area contributed by atoms with Crippen molar-refractivity contribution in [1.82, 2.24) is 10.2 Å². The fraction of sp³-hybridized carbons (Fsp3) is 0.476. The van der Waals surface area contributed by atoms with Crippen molar-refractivity contribution in [2.24, 2.45) is 0 Å². The number of fused-ring (bicyclic) bond motifs is 1. The van der Waals surface area contributed by atoms with E-state index in [1.54, 1.807) is 0 Å². The summed E-state index contributed by atoms with van der Waals surface area (Å²) in [6.45, 7) is 6.26. The quantitative estimate of drug-likeness (QED) is 0.877. The average molecular weight is 370 g/mol. The summed E-state index contributed by atoms with van der Waals surface area (Å²) < 4.78 is 17.0. The molecule has 4 rings (SSSR count). The van der Waals surface area contributed by atoms with E-state index in [0.717, 1.165) is 55.4 Å². The van der Waals surface area contributed by atoms with E-state index in [-0.39, 0.29) is 11.9 Å². The zero-order valence-electron chi connectivity index (χ0n) is 15.7. The minimum absolute atomic E-state index is 0.00695. The van der Waals surface area contributed by atoms with Crippen LogP contribution in [0.5, 0.6) is 5.75 Å². The van der Waals surface area contributed by atoms with E-state index in [1.807, 2.05) is 37.3 Å². The summed E-state index contributed by atoms with van der Waals surface area (Å²) in [6.07, 6.45) is 1.95. The Hall–Kier alpha value is -2.31. The summed E-state index contributed by atoms with van der Waals surface area (Å²) in [5.74, 6) is 2.60. The fourth-order valence-electron chi connectivity index (χ4n) is 3.72. The van der Waals surface area contributed by atoms with Gasteiger partial charge in [-0.1, -0.05) is 0 Å². The fourth-order valence-corrected chi connectivity index (χ4v) is 3.72. The largest absolute Gasteiger partial charge is 0.493 e. The molecule has 1 saturated heterocycles. The summed E-state index contributed by atoms with van der Waals surface area (Å²) in [5, 5.41) is 3.09. The zero-order valence-corrected chi connectivity index (χ0v) is 15.7. The number of hydrogen-bond acceptors (Lipinski definition) is 5. The molecule has 1 aromatic carbocycles. The zero-order chi connectivity index (χ0) is 18.6. The van der Waals surface area contributed by atoms with E-state index < -0.39 is 0 Å². The Balaban J connectivity index is 1.46. The van der Waals surface area contributed by atoms with Crippen molar-refractivity contribution in [3.8, 4) is 5.75 Å². The van der Waals surface area contributed by atoms with Crippen molar-refractivity contribution >= 4 is 5.91 Å². The highest BCUT2D eigenvalue weighted by molar-refractivity contribution is 5.94. The Morgan fingerprint density at radius 1 is 1.19 bits per heavy atom. The van der Waals surface area contributed by atoms with Crippen LogP contribution in [0.25, 0.3) is 0 Å². The lowest BCUT2D eigenvalue weighted by atomic mass is 10.0. The third kappa shape index (κ3) is 4.17. The van der Waals surface area contributed by atoms with Crippen LogP contribution in [0.1, 0.15) is 39.9 Å². The second kappa shape index (κ2) is 8.15. The van der Waals surface area contributed by atoms with Crippen LogP contribution in [-0.2, 0) is 11.2 Å². The molecule has 3 heterocycles. The molecule has 1 atom stereocenters. The number of benzene rings is 1. The molecule has 2 aliphatic rings. The first kappa shape index (κ1) is 18.1. The van der Waals surface area contributed by atoms with Crippen LogP contribution in [0.4, 0.5) is 0 Å². The lowest BCUT2D eigenvalue weighted by Crippen LogP contribution is -2.43. The molecule has 6 heteroatoms. The number of ether oxygens (including phenoxy) is 2. The SMILES string of the molecule is Cc1ccc([C@H](CNC(=O)c2ccc3c(c2)CCCO3)N2CCOCC2)o1. The molecular weight excluding hydrogens is 344 g/mol. The van der Waals surface area contributed by atoms with Crippen molar-refractivity contribution in [3.63, 3.8) is 0 Å². The molecule has 6 nitrogen and oxygen atoms in total. The summed E-state index contributed by atoms with van der Waals surface area (Å²) in [7, 11) is 0. The molecule has 0 spiro atoms. The average Bonchev–Trinajstić information content (AvgIpc) is 3.14. The summed E-state index contributed by atoms with van der Waals surface area (Å²) in [5.41, 5.74) is 1.79. The van der Waals surface area contributed by atoms with Gasteiger partial charge in [0.15, 0.2) is 0 Å². The number of carbonyl (C=O) groups is 1. The first-order valence-electron chi connectivity index (χ1n) is 9.63. The minimum atomic E-state index is -0.0649. The number of hydrogen-bond donors (Lipinski definition) is 1. The van der Waals surface area contributed by atoms with Crippen LogP contribution in [0.3, 0.4) is 0 Å². The van der Waals surface area contributed by atoms with Gasteiger partial charge < -0.3 is 19.2 Å². The van der Waals surface area contributed by atoms with Crippen LogP contribution in [0.2, 0.25) is 0 Å². The van der Waals surface area contributed by atoms with Crippen LogP contribution in [-0.4, -0.2) is 50.3 Å².